The number of benzene rings is 2. The number of hydrogen-bond donors (Lipinski definition) is 2. The second kappa shape index (κ2) is 9.25. The lowest BCUT2D eigenvalue weighted by atomic mass is 10.1. The predicted molar refractivity (Wildman–Crippen MR) is 92.9 cm³/mol. The van der Waals surface area contributed by atoms with Gasteiger partial charge in [-0.15, -0.1) is 0 Å². The number of rotatable bonds is 7. The second-order valence-electron chi connectivity index (χ2n) is 4.97. The molecule has 0 bridgehead atoms. The van der Waals surface area contributed by atoms with Crippen LogP contribution in [0.2, 0.25) is 0 Å². The molecule has 24 heavy (non-hydrogen) atoms. The number of hydrogen-bond acceptors (Lipinski definition) is 4. The number of amides is 1. The van der Waals surface area contributed by atoms with Gasteiger partial charge in [-0.2, -0.15) is 0 Å². The average molecular weight is 327 g/mol. The van der Waals surface area contributed by atoms with Gasteiger partial charge in [-0.25, -0.2) is 4.79 Å². The van der Waals surface area contributed by atoms with Gasteiger partial charge in [0, 0.05) is 12.1 Å². The number of ether oxygens (including phenoxy) is 2. The number of para-hydroxylation sites is 1. The Hall–Kier alpha value is -2.95. The third-order valence-corrected chi connectivity index (χ3v) is 3.20. The molecule has 0 aromatic heterocycles. The van der Waals surface area contributed by atoms with Gasteiger partial charge in [0.05, 0.1) is 6.61 Å². The van der Waals surface area contributed by atoms with E-state index in [0.29, 0.717) is 24.5 Å². The van der Waals surface area contributed by atoms with Crippen LogP contribution in [0.3, 0.4) is 0 Å². The van der Waals surface area contributed by atoms with Gasteiger partial charge in [0.1, 0.15) is 6.61 Å². The Labute approximate surface area is 141 Å². The fourth-order valence-electron chi connectivity index (χ4n) is 2.05. The van der Waals surface area contributed by atoms with E-state index in [2.05, 4.69) is 5.32 Å². The van der Waals surface area contributed by atoms with Crippen LogP contribution in [0.15, 0.2) is 54.6 Å². The largest absolute Gasteiger partial charge is 0.504 e. The third kappa shape index (κ3) is 5.35. The zero-order valence-corrected chi connectivity index (χ0v) is 13.6. The van der Waals surface area contributed by atoms with Crippen molar-refractivity contribution in [2.24, 2.45) is 0 Å². The minimum Gasteiger partial charge on any atom is -0.504 e. The molecule has 0 heterocycles. The highest BCUT2D eigenvalue weighted by Crippen LogP contribution is 2.30. The highest BCUT2D eigenvalue weighted by molar-refractivity contribution is 5.68. The molecule has 0 saturated carbocycles. The number of phenolic OH excluding ortho intramolecular Hbond substituents is 1. The summed E-state index contributed by atoms with van der Waals surface area (Å²) in [5.74, 6) is 0.525. The normalized spacial score (nSPS) is 10.5. The number of alkyl carbamates (subject to hydrolysis) is 1. The van der Waals surface area contributed by atoms with Crippen LogP contribution in [-0.4, -0.2) is 24.4 Å². The third-order valence-electron chi connectivity index (χ3n) is 3.20. The molecule has 0 aliphatic heterocycles. The van der Waals surface area contributed by atoms with E-state index in [1.165, 1.54) is 0 Å². The zero-order chi connectivity index (χ0) is 17.2. The van der Waals surface area contributed by atoms with E-state index in [-0.39, 0.29) is 12.4 Å². The van der Waals surface area contributed by atoms with Crippen molar-refractivity contribution in [2.75, 3.05) is 13.2 Å². The van der Waals surface area contributed by atoms with Crippen LogP contribution in [0.5, 0.6) is 11.5 Å². The van der Waals surface area contributed by atoms with Crippen LogP contribution < -0.4 is 10.1 Å². The number of aromatic hydroxyl groups is 1. The molecule has 0 unspecified atom stereocenters. The Kier molecular flexibility index (Phi) is 6.71. The van der Waals surface area contributed by atoms with Crippen molar-refractivity contribution in [3.63, 3.8) is 0 Å². The summed E-state index contributed by atoms with van der Waals surface area (Å²) in [5, 5.41) is 12.7. The second-order valence-corrected chi connectivity index (χ2v) is 4.97. The predicted octanol–water partition coefficient (Wildman–Crippen LogP) is 3.73. The molecule has 5 heteroatoms. The first-order valence-electron chi connectivity index (χ1n) is 7.76. The minimum atomic E-state index is -0.490. The smallest absolute Gasteiger partial charge is 0.407 e. The first-order chi connectivity index (χ1) is 11.7. The van der Waals surface area contributed by atoms with Crippen molar-refractivity contribution in [3.05, 3.63) is 65.7 Å². The van der Waals surface area contributed by atoms with Gasteiger partial charge in [-0.05, 0) is 18.6 Å². The number of phenols is 1. The Morgan fingerprint density at radius 1 is 1.17 bits per heavy atom. The summed E-state index contributed by atoms with van der Waals surface area (Å²) in [6.45, 7) is 2.86. The monoisotopic (exact) mass is 327 g/mol. The Morgan fingerprint density at radius 3 is 2.71 bits per heavy atom. The summed E-state index contributed by atoms with van der Waals surface area (Å²) < 4.78 is 10.4. The van der Waals surface area contributed by atoms with Gasteiger partial charge < -0.3 is 19.9 Å². The molecule has 0 fully saturated rings. The van der Waals surface area contributed by atoms with Crippen LogP contribution in [0.25, 0.3) is 6.08 Å². The molecule has 0 spiro atoms. The van der Waals surface area contributed by atoms with Crippen molar-refractivity contribution < 1.29 is 19.4 Å². The molecule has 1 amide bonds. The van der Waals surface area contributed by atoms with E-state index in [0.717, 1.165) is 5.56 Å². The summed E-state index contributed by atoms with van der Waals surface area (Å²) >= 11 is 0. The number of carbonyl (C=O) groups is 1. The molecule has 2 aromatic carbocycles. The summed E-state index contributed by atoms with van der Waals surface area (Å²) in [5.41, 5.74) is 1.56. The molecule has 2 N–H and O–H groups in total. The quantitative estimate of drug-likeness (QED) is 0.813. The molecule has 0 aliphatic rings. The van der Waals surface area contributed by atoms with Gasteiger partial charge in [-0.3, -0.25) is 0 Å². The molecule has 2 rings (SSSR count). The highest BCUT2D eigenvalue weighted by atomic mass is 16.5. The van der Waals surface area contributed by atoms with Crippen molar-refractivity contribution in [1.29, 1.82) is 0 Å². The van der Waals surface area contributed by atoms with Crippen molar-refractivity contribution in [2.45, 2.75) is 13.5 Å². The number of nitrogens with one attached hydrogen (secondary N) is 1. The van der Waals surface area contributed by atoms with E-state index >= 15 is 0 Å². The van der Waals surface area contributed by atoms with Crippen LogP contribution in [0.1, 0.15) is 18.1 Å². The van der Waals surface area contributed by atoms with Gasteiger partial charge in [-0.1, -0.05) is 54.6 Å². The lowest BCUT2D eigenvalue weighted by Crippen LogP contribution is -2.24. The molecule has 2 aromatic rings. The van der Waals surface area contributed by atoms with E-state index in [4.69, 9.17) is 9.47 Å². The zero-order valence-electron chi connectivity index (χ0n) is 13.6. The highest BCUT2D eigenvalue weighted by Gasteiger charge is 2.05. The summed E-state index contributed by atoms with van der Waals surface area (Å²) in [7, 11) is 0. The lowest BCUT2D eigenvalue weighted by Gasteiger charge is -2.07. The maximum absolute atomic E-state index is 11.6. The summed E-state index contributed by atoms with van der Waals surface area (Å²) in [4.78, 5) is 11.6. The van der Waals surface area contributed by atoms with Crippen LogP contribution in [-0.2, 0) is 11.3 Å². The Morgan fingerprint density at radius 2 is 1.96 bits per heavy atom. The van der Waals surface area contributed by atoms with Crippen LogP contribution in [0, 0.1) is 0 Å². The van der Waals surface area contributed by atoms with E-state index in [1.807, 2.05) is 37.3 Å². The van der Waals surface area contributed by atoms with Gasteiger partial charge in [0.2, 0.25) is 0 Å². The van der Waals surface area contributed by atoms with E-state index in [1.54, 1.807) is 30.4 Å². The van der Waals surface area contributed by atoms with Crippen molar-refractivity contribution in [1.82, 2.24) is 5.32 Å². The van der Waals surface area contributed by atoms with E-state index in [9.17, 15) is 9.90 Å². The Bertz CT molecular complexity index is 683. The van der Waals surface area contributed by atoms with Gasteiger partial charge in [0.15, 0.2) is 11.5 Å². The molecule has 0 saturated heterocycles. The van der Waals surface area contributed by atoms with Crippen molar-refractivity contribution in [3.8, 4) is 11.5 Å². The SMILES string of the molecule is CCOc1cccc(C=CCNC(=O)OCc2ccccc2)c1O. The molecule has 126 valence electrons. The molecule has 0 radical (unpaired) electrons. The van der Waals surface area contributed by atoms with Gasteiger partial charge in [0.25, 0.3) is 0 Å². The lowest BCUT2D eigenvalue weighted by molar-refractivity contribution is 0.141. The first kappa shape index (κ1) is 17.4. The minimum absolute atomic E-state index is 0.0854. The first-order valence-corrected chi connectivity index (χ1v) is 7.76. The Balaban J connectivity index is 1.78. The molecular formula is C19H21NO4. The number of carbonyl (C=O) groups excluding carboxylic acids is 1. The fraction of sp³-hybridized carbons (Fsp3) is 0.211. The fourth-order valence-corrected chi connectivity index (χ4v) is 2.05. The standard InChI is InChI=1S/C19H21NO4/c1-2-23-17-12-6-10-16(18(17)21)11-7-13-20-19(22)24-14-15-8-4-3-5-9-15/h3-12,21H,2,13-14H2,1H3,(H,20,22). The molecule has 5 nitrogen and oxygen atoms in total. The van der Waals surface area contributed by atoms with Crippen LogP contribution >= 0.6 is 0 Å². The molecule has 0 aliphatic carbocycles. The maximum Gasteiger partial charge on any atom is 0.407 e. The molecule has 0 atom stereocenters. The van der Waals surface area contributed by atoms with E-state index < -0.39 is 6.09 Å². The average Bonchev–Trinajstić information content (AvgIpc) is 2.61. The van der Waals surface area contributed by atoms with Crippen molar-refractivity contribution >= 4 is 12.2 Å². The topological polar surface area (TPSA) is 67.8 Å². The maximum atomic E-state index is 11.6. The molecular weight excluding hydrogens is 306 g/mol. The summed E-state index contributed by atoms with van der Waals surface area (Å²) in [6.07, 6.45) is 2.96. The van der Waals surface area contributed by atoms with Crippen LogP contribution in [0.4, 0.5) is 4.79 Å². The van der Waals surface area contributed by atoms with Gasteiger partial charge >= 0.3 is 6.09 Å². The summed E-state index contributed by atoms with van der Waals surface area (Å²) in [6, 6.07) is 14.7.